The highest BCUT2D eigenvalue weighted by atomic mass is 32.2. The first kappa shape index (κ1) is 13.3. The Balaban J connectivity index is 2.72. The van der Waals surface area contributed by atoms with E-state index >= 15 is 0 Å². The molecule has 98 valence electrons. The molecule has 0 saturated carbocycles. The van der Waals surface area contributed by atoms with Crippen LogP contribution in [0.4, 0.5) is 0 Å². The summed E-state index contributed by atoms with van der Waals surface area (Å²) in [5, 5.41) is 9.17. The Morgan fingerprint density at radius 3 is 2.21 bits per heavy atom. The van der Waals surface area contributed by atoms with E-state index in [9.17, 15) is 18.3 Å². The van der Waals surface area contributed by atoms with E-state index in [2.05, 4.69) is 0 Å². The van der Waals surface area contributed by atoms with Crippen LogP contribution in [-0.2, 0) is 9.84 Å². The second-order valence-electron chi connectivity index (χ2n) is 4.15. The van der Waals surface area contributed by atoms with Crippen molar-refractivity contribution in [2.75, 3.05) is 6.26 Å². The third kappa shape index (κ3) is 2.82. The lowest BCUT2D eigenvalue weighted by atomic mass is 10.00. The van der Waals surface area contributed by atoms with Crippen molar-refractivity contribution in [3.05, 3.63) is 54.1 Å². The Morgan fingerprint density at radius 1 is 1.05 bits per heavy atom. The molecule has 0 aliphatic rings. The van der Waals surface area contributed by atoms with Crippen LogP contribution in [0.1, 0.15) is 10.4 Å². The van der Waals surface area contributed by atoms with Crippen LogP contribution in [0, 0.1) is 0 Å². The highest BCUT2D eigenvalue weighted by molar-refractivity contribution is 7.90. The summed E-state index contributed by atoms with van der Waals surface area (Å²) < 4.78 is 23.1. The van der Waals surface area contributed by atoms with Crippen LogP contribution >= 0.6 is 0 Å². The SMILES string of the molecule is CS(=O)(=O)c1ccc(C(=O)O)c(-c2ccccc2)c1. The second kappa shape index (κ2) is 4.85. The number of hydrogen-bond acceptors (Lipinski definition) is 3. The van der Waals surface area contributed by atoms with Crippen LogP contribution in [0.5, 0.6) is 0 Å². The van der Waals surface area contributed by atoms with Gasteiger partial charge in [0.2, 0.25) is 0 Å². The summed E-state index contributed by atoms with van der Waals surface area (Å²) in [4.78, 5) is 11.3. The number of carboxylic acid groups (broad SMARTS) is 1. The molecule has 19 heavy (non-hydrogen) atoms. The van der Waals surface area contributed by atoms with Crippen molar-refractivity contribution in [3.63, 3.8) is 0 Å². The van der Waals surface area contributed by atoms with Crippen molar-refractivity contribution in [1.82, 2.24) is 0 Å². The van der Waals surface area contributed by atoms with Crippen molar-refractivity contribution in [1.29, 1.82) is 0 Å². The average Bonchev–Trinajstić information content (AvgIpc) is 2.38. The molecular weight excluding hydrogens is 264 g/mol. The van der Waals surface area contributed by atoms with Gasteiger partial charge in [-0.15, -0.1) is 0 Å². The fraction of sp³-hybridized carbons (Fsp3) is 0.0714. The largest absolute Gasteiger partial charge is 0.478 e. The molecule has 0 atom stereocenters. The molecule has 2 aromatic carbocycles. The van der Waals surface area contributed by atoms with E-state index in [0.29, 0.717) is 11.1 Å². The first-order valence-electron chi connectivity index (χ1n) is 5.52. The summed E-state index contributed by atoms with van der Waals surface area (Å²) in [5.74, 6) is -1.08. The van der Waals surface area contributed by atoms with Crippen molar-refractivity contribution >= 4 is 15.8 Å². The van der Waals surface area contributed by atoms with Crippen molar-refractivity contribution in [2.24, 2.45) is 0 Å². The lowest BCUT2D eigenvalue weighted by molar-refractivity contribution is 0.0697. The standard InChI is InChI=1S/C14H12O4S/c1-19(17,18)11-7-8-12(14(15)16)13(9-11)10-5-3-2-4-6-10/h2-9H,1H3,(H,15,16). The lowest BCUT2D eigenvalue weighted by Gasteiger charge is -2.08. The maximum absolute atomic E-state index is 11.6. The molecule has 2 aromatic rings. The number of aromatic carboxylic acids is 1. The quantitative estimate of drug-likeness (QED) is 0.934. The molecular formula is C14H12O4S. The Morgan fingerprint density at radius 2 is 1.68 bits per heavy atom. The van der Waals surface area contributed by atoms with Crippen LogP contribution in [0.15, 0.2) is 53.4 Å². The molecule has 0 spiro atoms. The van der Waals surface area contributed by atoms with Gasteiger partial charge in [-0.2, -0.15) is 0 Å². The van der Waals surface area contributed by atoms with Crippen molar-refractivity contribution < 1.29 is 18.3 Å². The molecule has 0 radical (unpaired) electrons. The predicted molar refractivity (Wildman–Crippen MR) is 71.9 cm³/mol. The van der Waals surface area contributed by atoms with Crippen LogP contribution < -0.4 is 0 Å². The zero-order valence-electron chi connectivity index (χ0n) is 10.2. The van der Waals surface area contributed by atoms with E-state index in [1.54, 1.807) is 24.3 Å². The minimum atomic E-state index is -3.37. The van der Waals surface area contributed by atoms with Gasteiger partial charge in [-0.3, -0.25) is 0 Å². The molecule has 1 N–H and O–H groups in total. The number of hydrogen-bond donors (Lipinski definition) is 1. The lowest BCUT2D eigenvalue weighted by Crippen LogP contribution is -2.03. The normalized spacial score (nSPS) is 11.2. The number of sulfone groups is 1. The van der Waals surface area contributed by atoms with Crippen LogP contribution in [0.2, 0.25) is 0 Å². The molecule has 0 unspecified atom stereocenters. The van der Waals surface area contributed by atoms with Crippen LogP contribution in [0.3, 0.4) is 0 Å². The summed E-state index contributed by atoms with van der Waals surface area (Å²) in [6.07, 6.45) is 1.09. The zero-order chi connectivity index (χ0) is 14.0. The van der Waals surface area contributed by atoms with E-state index < -0.39 is 15.8 Å². The summed E-state index contributed by atoms with van der Waals surface area (Å²) in [6, 6.07) is 12.9. The number of carbonyl (C=O) groups is 1. The first-order chi connectivity index (χ1) is 8.89. The third-order valence-corrected chi connectivity index (χ3v) is 3.84. The van der Waals surface area contributed by atoms with Crippen molar-refractivity contribution in [2.45, 2.75) is 4.90 Å². The van der Waals surface area contributed by atoms with E-state index in [4.69, 9.17) is 0 Å². The van der Waals surface area contributed by atoms with E-state index in [1.807, 2.05) is 6.07 Å². The van der Waals surface area contributed by atoms with Gasteiger partial charge in [-0.1, -0.05) is 30.3 Å². The van der Waals surface area contributed by atoms with E-state index in [-0.39, 0.29) is 10.5 Å². The van der Waals surface area contributed by atoms with Crippen molar-refractivity contribution in [3.8, 4) is 11.1 Å². The molecule has 2 rings (SSSR count). The summed E-state index contributed by atoms with van der Waals surface area (Å²) in [6.45, 7) is 0. The van der Waals surface area contributed by atoms with Gasteiger partial charge in [0.1, 0.15) is 0 Å². The Hall–Kier alpha value is -2.14. The molecule has 0 aromatic heterocycles. The number of rotatable bonds is 3. The van der Waals surface area contributed by atoms with Gasteiger partial charge in [0.15, 0.2) is 9.84 Å². The molecule has 0 saturated heterocycles. The Labute approximate surface area is 111 Å². The van der Waals surface area contributed by atoms with Crippen LogP contribution in [-0.4, -0.2) is 25.7 Å². The van der Waals surface area contributed by atoms with E-state index in [0.717, 1.165) is 6.26 Å². The molecule has 0 bridgehead atoms. The maximum Gasteiger partial charge on any atom is 0.336 e. The Bertz CT molecular complexity index is 718. The summed E-state index contributed by atoms with van der Waals surface area (Å²) >= 11 is 0. The molecule has 5 heteroatoms. The predicted octanol–water partition coefficient (Wildman–Crippen LogP) is 2.46. The molecule has 4 nitrogen and oxygen atoms in total. The average molecular weight is 276 g/mol. The highest BCUT2D eigenvalue weighted by Crippen LogP contribution is 2.26. The summed E-state index contributed by atoms with van der Waals surface area (Å²) in [5.41, 5.74) is 1.15. The smallest absolute Gasteiger partial charge is 0.336 e. The highest BCUT2D eigenvalue weighted by Gasteiger charge is 2.15. The van der Waals surface area contributed by atoms with Gasteiger partial charge in [-0.25, -0.2) is 13.2 Å². The van der Waals surface area contributed by atoms with Gasteiger partial charge < -0.3 is 5.11 Å². The van der Waals surface area contributed by atoms with Crippen LogP contribution in [0.25, 0.3) is 11.1 Å². The minimum absolute atomic E-state index is 0.0820. The Kier molecular flexibility index (Phi) is 3.40. The molecule has 0 aliphatic heterocycles. The van der Waals surface area contributed by atoms with Gasteiger partial charge >= 0.3 is 5.97 Å². The molecule has 0 fully saturated rings. The first-order valence-corrected chi connectivity index (χ1v) is 7.41. The maximum atomic E-state index is 11.6. The number of carboxylic acids is 1. The fourth-order valence-corrected chi connectivity index (χ4v) is 2.44. The molecule has 0 amide bonds. The monoisotopic (exact) mass is 276 g/mol. The fourth-order valence-electron chi connectivity index (χ4n) is 1.80. The molecule has 0 heterocycles. The topological polar surface area (TPSA) is 71.4 Å². The molecule has 0 aliphatic carbocycles. The van der Waals surface area contributed by atoms with Gasteiger partial charge in [-0.05, 0) is 29.3 Å². The van der Waals surface area contributed by atoms with Gasteiger partial charge in [0, 0.05) is 6.26 Å². The summed E-state index contributed by atoms with van der Waals surface area (Å²) in [7, 11) is -3.37. The minimum Gasteiger partial charge on any atom is -0.478 e. The second-order valence-corrected chi connectivity index (χ2v) is 6.17. The van der Waals surface area contributed by atoms with Gasteiger partial charge in [0.25, 0.3) is 0 Å². The number of benzene rings is 2. The third-order valence-electron chi connectivity index (χ3n) is 2.73. The van der Waals surface area contributed by atoms with E-state index in [1.165, 1.54) is 18.2 Å². The zero-order valence-corrected chi connectivity index (χ0v) is 11.0. The van der Waals surface area contributed by atoms with Gasteiger partial charge in [0.05, 0.1) is 10.5 Å².